The zero-order valence-corrected chi connectivity index (χ0v) is 6.12. The van der Waals surface area contributed by atoms with E-state index < -0.39 is 6.09 Å². The fraction of sp³-hybridized carbons (Fsp3) is 0.667. The summed E-state index contributed by atoms with van der Waals surface area (Å²) in [6.45, 7) is 0.407. The number of ether oxygens (including phenoxy) is 2. The lowest BCUT2D eigenvalue weighted by Gasteiger charge is -2.20. The maximum atomic E-state index is 10.8. The van der Waals surface area contributed by atoms with Crippen LogP contribution in [0, 0.1) is 5.92 Å². The average molecular weight is 159 g/mol. The number of carbonyl (C=O) groups excluding carboxylic acids is 2. The molecule has 0 radical (unpaired) electrons. The third-order valence-corrected chi connectivity index (χ3v) is 1.44. The standard InChI is InChI=1S/C6H9NO4/c1-10-5(8)4-2-7-6(9)11-3-4/h4H,2-3H2,1H3,(H,7,9). The van der Waals surface area contributed by atoms with Crippen molar-refractivity contribution in [3.05, 3.63) is 0 Å². The third-order valence-electron chi connectivity index (χ3n) is 1.44. The second-order valence-corrected chi connectivity index (χ2v) is 2.20. The molecule has 1 aliphatic heterocycles. The van der Waals surface area contributed by atoms with E-state index in [1.807, 2.05) is 0 Å². The Balaban J connectivity index is 2.39. The van der Waals surface area contributed by atoms with Crippen LogP contribution in [0.2, 0.25) is 0 Å². The van der Waals surface area contributed by atoms with E-state index in [4.69, 9.17) is 0 Å². The Kier molecular flexibility index (Phi) is 2.30. The van der Waals surface area contributed by atoms with Gasteiger partial charge in [-0.05, 0) is 0 Å². The molecule has 1 rings (SSSR count). The monoisotopic (exact) mass is 159 g/mol. The number of rotatable bonds is 1. The zero-order valence-electron chi connectivity index (χ0n) is 6.12. The Hall–Kier alpha value is -1.26. The lowest BCUT2D eigenvalue weighted by Crippen LogP contribution is -2.42. The Bertz CT molecular complexity index is 169. The van der Waals surface area contributed by atoms with Crippen molar-refractivity contribution < 1.29 is 19.1 Å². The first-order valence-electron chi connectivity index (χ1n) is 3.22. The van der Waals surface area contributed by atoms with E-state index in [0.717, 1.165) is 0 Å². The normalized spacial score (nSPS) is 23.4. The molecular formula is C6H9NO4. The minimum absolute atomic E-state index is 0.110. The van der Waals surface area contributed by atoms with Gasteiger partial charge in [0.2, 0.25) is 0 Å². The number of amides is 1. The lowest BCUT2D eigenvalue weighted by atomic mass is 10.1. The van der Waals surface area contributed by atoms with Crippen LogP contribution in [0.5, 0.6) is 0 Å². The quantitative estimate of drug-likeness (QED) is 0.524. The molecule has 5 heteroatoms. The summed E-state index contributed by atoms with van der Waals surface area (Å²) < 4.78 is 9.02. The fourth-order valence-corrected chi connectivity index (χ4v) is 0.811. The van der Waals surface area contributed by atoms with Crippen molar-refractivity contribution in [3.8, 4) is 0 Å². The van der Waals surface area contributed by atoms with E-state index in [-0.39, 0.29) is 18.5 Å². The summed E-state index contributed by atoms with van der Waals surface area (Å²) in [6.07, 6.45) is -0.481. The Morgan fingerprint density at radius 1 is 1.82 bits per heavy atom. The van der Waals surface area contributed by atoms with Gasteiger partial charge in [-0.3, -0.25) is 4.79 Å². The van der Waals surface area contributed by atoms with E-state index in [0.29, 0.717) is 6.54 Å². The minimum Gasteiger partial charge on any atom is -0.469 e. The number of cyclic esters (lactones) is 1. The lowest BCUT2D eigenvalue weighted by molar-refractivity contribution is -0.147. The van der Waals surface area contributed by atoms with Gasteiger partial charge in [0, 0.05) is 6.54 Å². The molecule has 1 saturated heterocycles. The molecule has 0 aromatic rings. The molecule has 0 spiro atoms. The van der Waals surface area contributed by atoms with Gasteiger partial charge in [-0.1, -0.05) is 0 Å². The van der Waals surface area contributed by atoms with Crippen molar-refractivity contribution in [1.29, 1.82) is 0 Å². The summed E-state index contributed by atoms with van der Waals surface area (Å²) >= 11 is 0. The predicted octanol–water partition coefficient (Wildman–Crippen LogP) is -0.485. The first kappa shape index (κ1) is 7.84. The summed E-state index contributed by atoms with van der Waals surface area (Å²) in [5, 5.41) is 2.39. The maximum Gasteiger partial charge on any atom is 0.407 e. The van der Waals surface area contributed by atoms with E-state index in [9.17, 15) is 9.59 Å². The topological polar surface area (TPSA) is 64.6 Å². The van der Waals surface area contributed by atoms with Crippen LogP contribution in [0.15, 0.2) is 0 Å². The molecule has 1 N–H and O–H groups in total. The highest BCUT2D eigenvalue weighted by atomic mass is 16.6. The number of esters is 1. The van der Waals surface area contributed by atoms with Crippen LogP contribution in [0.1, 0.15) is 0 Å². The van der Waals surface area contributed by atoms with Gasteiger partial charge in [-0.15, -0.1) is 0 Å². The van der Waals surface area contributed by atoms with Crippen LogP contribution in [-0.4, -0.2) is 32.3 Å². The van der Waals surface area contributed by atoms with Gasteiger partial charge >= 0.3 is 12.1 Å². The minimum atomic E-state index is -0.481. The van der Waals surface area contributed by atoms with Gasteiger partial charge in [0.15, 0.2) is 0 Å². The molecule has 1 atom stereocenters. The summed E-state index contributed by atoms with van der Waals surface area (Å²) in [7, 11) is 1.30. The van der Waals surface area contributed by atoms with Crippen LogP contribution >= 0.6 is 0 Å². The van der Waals surface area contributed by atoms with Gasteiger partial charge in [0.05, 0.1) is 7.11 Å². The van der Waals surface area contributed by atoms with Crippen molar-refractivity contribution in [2.45, 2.75) is 0 Å². The smallest absolute Gasteiger partial charge is 0.407 e. The molecule has 5 nitrogen and oxygen atoms in total. The van der Waals surface area contributed by atoms with Gasteiger partial charge in [-0.25, -0.2) is 4.79 Å². The molecular weight excluding hydrogens is 150 g/mol. The van der Waals surface area contributed by atoms with Crippen molar-refractivity contribution in [1.82, 2.24) is 5.32 Å². The van der Waals surface area contributed by atoms with Crippen LogP contribution in [0.25, 0.3) is 0 Å². The first-order chi connectivity index (χ1) is 5.24. The molecule has 1 heterocycles. The molecule has 11 heavy (non-hydrogen) atoms. The molecule has 1 amide bonds. The molecule has 0 saturated carbocycles. The highest BCUT2D eigenvalue weighted by Crippen LogP contribution is 2.03. The SMILES string of the molecule is COC(=O)C1CNC(=O)OC1. The highest BCUT2D eigenvalue weighted by Gasteiger charge is 2.25. The van der Waals surface area contributed by atoms with Crippen LogP contribution < -0.4 is 5.32 Å². The highest BCUT2D eigenvalue weighted by molar-refractivity contribution is 5.76. The fourth-order valence-electron chi connectivity index (χ4n) is 0.811. The molecule has 1 fully saturated rings. The zero-order chi connectivity index (χ0) is 8.27. The van der Waals surface area contributed by atoms with Crippen molar-refractivity contribution in [2.75, 3.05) is 20.3 Å². The van der Waals surface area contributed by atoms with Gasteiger partial charge in [0.1, 0.15) is 12.5 Å². The summed E-state index contributed by atoms with van der Waals surface area (Å²) in [6, 6.07) is 0. The van der Waals surface area contributed by atoms with E-state index >= 15 is 0 Å². The number of methoxy groups -OCH3 is 1. The number of nitrogens with one attached hydrogen (secondary N) is 1. The third kappa shape index (κ3) is 1.83. The molecule has 1 unspecified atom stereocenters. The van der Waals surface area contributed by atoms with E-state index in [1.54, 1.807) is 0 Å². The molecule has 0 aromatic heterocycles. The number of hydrogen-bond acceptors (Lipinski definition) is 4. The van der Waals surface area contributed by atoms with E-state index in [1.165, 1.54) is 7.11 Å². The predicted molar refractivity (Wildman–Crippen MR) is 34.9 cm³/mol. The summed E-state index contributed by atoms with van der Waals surface area (Å²) in [4.78, 5) is 21.3. The Labute approximate surface area is 63.7 Å². The Morgan fingerprint density at radius 3 is 3.00 bits per heavy atom. The van der Waals surface area contributed by atoms with Gasteiger partial charge in [-0.2, -0.15) is 0 Å². The van der Waals surface area contributed by atoms with Crippen molar-refractivity contribution >= 4 is 12.1 Å². The maximum absolute atomic E-state index is 10.8. The molecule has 1 aliphatic rings. The number of alkyl carbamates (subject to hydrolysis) is 1. The van der Waals surface area contributed by atoms with E-state index in [2.05, 4.69) is 14.8 Å². The molecule has 0 aromatic carbocycles. The second-order valence-electron chi connectivity index (χ2n) is 2.20. The van der Waals surface area contributed by atoms with Crippen molar-refractivity contribution in [3.63, 3.8) is 0 Å². The first-order valence-corrected chi connectivity index (χ1v) is 3.22. The van der Waals surface area contributed by atoms with Gasteiger partial charge < -0.3 is 14.8 Å². The molecule has 62 valence electrons. The summed E-state index contributed by atoms with van der Waals surface area (Å²) in [5.74, 6) is -0.720. The van der Waals surface area contributed by atoms with Gasteiger partial charge in [0.25, 0.3) is 0 Å². The average Bonchev–Trinajstić information content (AvgIpc) is 2.05. The van der Waals surface area contributed by atoms with Crippen molar-refractivity contribution in [2.24, 2.45) is 5.92 Å². The molecule has 0 bridgehead atoms. The Morgan fingerprint density at radius 2 is 2.55 bits per heavy atom. The number of hydrogen-bond donors (Lipinski definition) is 1. The van der Waals surface area contributed by atoms with Crippen LogP contribution in [0.3, 0.4) is 0 Å². The number of carbonyl (C=O) groups is 2. The van der Waals surface area contributed by atoms with Crippen LogP contribution in [0.4, 0.5) is 4.79 Å². The summed E-state index contributed by atoms with van der Waals surface area (Å²) in [5.41, 5.74) is 0. The van der Waals surface area contributed by atoms with Crippen LogP contribution in [-0.2, 0) is 14.3 Å². The largest absolute Gasteiger partial charge is 0.469 e. The molecule has 0 aliphatic carbocycles. The second kappa shape index (κ2) is 3.23.